The Morgan fingerprint density at radius 1 is 1.18 bits per heavy atom. The summed E-state index contributed by atoms with van der Waals surface area (Å²) in [7, 11) is 3.50. The number of para-hydroxylation sites is 1. The van der Waals surface area contributed by atoms with Gasteiger partial charge in [0.15, 0.2) is 5.78 Å². The molecule has 0 atom stereocenters. The largest absolute Gasteiger partial charge is 0.496 e. The van der Waals surface area contributed by atoms with E-state index in [2.05, 4.69) is 0 Å². The number of hydrogen-bond acceptors (Lipinski definition) is 3. The first-order chi connectivity index (χ1) is 10.5. The third kappa shape index (κ3) is 3.45. The molecular formula is C18H20FNO2. The van der Waals surface area contributed by atoms with Crippen molar-refractivity contribution in [2.75, 3.05) is 25.6 Å². The lowest BCUT2D eigenvalue weighted by Crippen LogP contribution is -2.23. The van der Waals surface area contributed by atoms with E-state index >= 15 is 0 Å². The maximum Gasteiger partial charge on any atom is 0.164 e. The SMILES string of the molecule is COc1ccccc1CCN(C)c1cccc(F)c1C(C)=O. The standard InChI is InChI=1S/C18H20FNO2/c1-13(21)18-15(19)8-6-9-16(18)20(2)12-11-14-7-4-5-10-17(14)22-3/h4-10H,11-12H2,1-3H3. The van der Waals surface area contributed by atoms with Crippen LogP contribution in [0.2, 0.25) is 0 Å². The van der Waals surface area contributed by atoms with Gasteiger partial charge in [0.2, 0.25) is 0 Å². The van der Waals surface area contributed by atoms with Gasteiger partial charge in [0, 0.05) is 13.6 Å². The molecule has 0 radical (unpaired) electrons. The lowest BCUT2D eigenvalue weighted by Gasteiger charge is -2.22. The van der Waals surface area contributed by atoms with Crippen molar-refractivity contribution < 1.29 is 13.9 Å². The summed E-state index contributed by atoms with van der Waals surface area (Å²) in [5.74, 6) is 0.0910. The summed E-state index contributed by atoms with van der Waals surface area (Å²) >= 11 is 0. The summed E-state index contributed by atoms with van der Waals surface area (Å²) in [6.07, 6.45) is 0.744. The quantitative estimate of drug-likeness (QED) is 0.762. The number of halogens is 1. The van der Waals surface area contributed by atoms with Gasteiger partial charge in [0.25, 0.3) is 0 Å². The number of carbonyl (C=O) groups is 1. The van der Waals surface area contributed by atoms with E-state index in [1.165, 1.54) is 13.0 Å². The molecule has 0 heterocycles. The van der Waals surface area contributed by atoms with E-state index in [4.69, 9.17) is 4.74 Å². The molecule has 4 heteroatoms. The van der Waals surface area contributed by atoms with Crippen molar-refractivity contribution in [3.05, 3.63) is 59.4 Å². The molecule has 116 valence electrons. The van der Waals surface area contributed by atoms with Crippen molar-refractivity contribution in [3.8, 4) is 5.75 Å². The summed E-state index contributed by atoms with van der Waals surface area (Å²) in [4.78, 5) is 13.6. The van der Waals surface area contributed by atoms with Crippen LogP contribution in [-0.2, 0) is 6.42 Å². The van der Waals surface area contributed by atoms with Crippen LogP contribution in [0, 0.1) is 5.82 Å². The van der Waals surface area contributed by atoms with Gasteiger partial charge in [-0.2, -0.15) is 0 Å². The minimum atomic E-state index is -0.478. The number of hydrogen-bond donors (Lipinski definition) is 0. The van der Waals surface area contributed by atoms with Gasteiger partial charge in [0.05, 0.1) is 18.4 Å². The topological polar surface area (TPSA) is 29.5 Å². The maximum absolute atomic E-state index is 13.9. The average Bonchev–Trinajstić information content (AvgIpc) is 2.52. The molecule has 0 aliphatic rings. The summed E-state index contributed by atoms with van der Waals surface area (Å²) in [6.45, 7) is 2.04. The second-order valence-electron chi connectivity index (χ2n) is 5.17. The molecule has 0 saturated carbocycles. The Labute approximate surface area is 130 Å². The van der Waals surface area contributed by atoms with Crippen molar-refractivity contribution in [1.29, 1.82) is 0 Å². The van der Waals surface area contributed by atoms with Gasteiger partial charge in [-0.25, -0.2) is 4.39 Å². The molecule has 0 saturated heterocycles. The van der Waals surface area contributed by atoms with Crippen LogP contribution in [0.5, 0.6) is 5.75 Å². The summed E-state index contributed by atoms with van der Waals surface area (Å²) < 4.78 is 19.2. The van der Waals surface area contributed by atoms with E-state index in [1.807, 2.05) is 36.2 Å². The fourth-order valence-corrected chi connectivity index (χ4v) is 2.50. The molecule has 3 nitrogen and oxygen atoms in total. The van der Waals surface area contributed by atoms with Gasteiger partial charge < -0.3 is 9.64 Å². The molecule has 2 aromatic rings. The predicted octanol–water partition coefficient (Wildman–Crippen LogP) is 3.72. The Morgan fingerprint density at radius 2 is 1.91 bits per heavy atom. The minimum absolute atomic E-state index is 0.144. The number of rotatable bonds is 6. The summed E-state index contributed by atoms with van der Waals surface area (Å²) in [5, 5.41) is 0. The number of carbonyl (C=O) groups excluding carboxylic acids is 1. The van der Waals surface area contributed by atoms with E-state index in [0.29, 0.717) is 12.2 Å². The lowest BCUT2D eigenvalue weighted by atomic mass is 10.1. The second kappa shape index (κ2) is 7.07. The highest BCUT2D eigenvalue weighted by atomic mass is 19.1. The first-order valence-electron chi connectivity index (χ1n) is 7.17. The highest BCUT2D eigenvalue weighted by Gasteiger charge is 2.16. The second-order valence-corrected chi connectivity index (χ2v) is 5.17. The summed E-state index contributed by atoms with van der Waals surface area (Å²) in [6, 6.07) is 12.5. The molecule has 0 bridgehead atoms. The Kier molecular flexibility index (Phi) is 5.15. The zero-order chi connectivity index (χ0) is 16.1. The number of ketones is 1. The van der Waals surface area contributed by atoms with E-state index in [-0.39, 0.29) is 11.3 Å². The first-order valence-corrected chi connectivity index (χ1v) is 7.17. The minimum Gasteiger partial charge on any atom is -0.496 e. The zero-order valence-electron chi connectivity index (χ0n) is 13.1. The lowest BCUT2D eigenvalue weighted by molar-refractivity contribution is 0.101. The molecule has 0 N–H and O–H groups in total. The van der Waals surface area contributed by atoms with E-state index < -0.39 is 5.82 Å². The molecule has 22 heavy (non-hydrogen) atoms. The molecule has 0 aliphatic heterocycles. The number of benzene rings is 2. The van der Waals surface area contributed by atoms with Gasteiger partial charge in [-0.1, -0.05) is 24.3 Å². The molecule has 0 amide bonds. The van der Waals surface area contributed by atoms with Crippen LogP contribution in [0.4, 0.5) is 10.1 Å². The first kappa shape index (κ1) is 16.0. The third-order valence-corrected chi connectivity index (χ3v) is 3.66. The van der Waals surface area contributed by atoms with Gasteiger partial charge in [0.1, 0.15) is 11.6 Å². The van der Waals surface area contributed by atoms with Crippen molar-refractivity contribution in [3.63, 3.8) is 0 Å². The van der Waals surface area contributed by atoms with Crippen molar-refractivity contribution in [2.45, 2.75) is 13.3 Å². The van der Waals surface area contributed by atoms with Crippen LogP contribution in [0.1, 0.15) is 22.8 Å². The highest BCUT2D eigenvalue weighted by Crippen LogP contribution is 2.24. The van der Waals surface area contributed by atoms with Crippen molar-refractivity contribution >= 4 is 11.5 Å². The molecule has 0 spiro atoms. The zero-order valence-corrected chi connectivity index (χ0v) is 13.1. The van der Waals surface area contributed by atoms with E-state index in [1.54, 1.807) is 19.2 Å². The smallest absolute Gasteiger partial charge is 0.164 e. The monoisotopic (exact) mass is 301 g/mol. The molecule has 2 aromatic carbocycles. The number of likely N-dealkylation sites (N-methyl/N-ethyl adjacent to an activating group) is 1. The van der Waals surface area contributed by atoms with Crippen molar-refractivity contribution in [1.82, 2.24) is 0 Å². The molecule has 0 unspecified atom stereocenters. The van der Waals surface area contributed by atoms with E-state index in [0.717, 1.165) is 17.7 Å². The summed E-state index contributed by atoms with van der Waals surface area (Å²) in [5.41, 5.74) is 1.84. The van der Waals surface area contributed by atoms with Gasteiger partial charge in [-0.3, -0.25) is 4.79 Å². The number of methoxy groups -OCH3 is 1. The van der Waals surface area contributed by atoms with Crippen molar-refractivity contribution in [2.24, 2.45) is 0 Å². The number of Topliss-reactive ketones (excluding diaryl/α,β-unsaturated/α-hetero) is 1. The molecule has 0 aliphatic carbocycles. The van der Waals surface area contributed by atoms with E-state index in [9.17, 15) is 9.18 Å². The Morgan fingerprint density at radius 3 is 2.59 bits per heavy atom. The van der Waals surface area contributed by atoms with Crippen LogP contribution >= 0.6 is 0 Å². The fraction of sp³-hybridized carbons (Fsp3) is 0.278. The predicted molar refractivity (Wildman–Crippen MR) is 86.4 cm³/mol. The fourth-order valence-electron chi connectivity index (χ4n) is 2.50. The van der Waals surface area contributed by atoms with Crippen LogP contribution in [-0.4, -0.2) is 26.5 Å². The normalized spacial score (nSPS) is 10.4. The third-order valence-electron chi connectivity index (χ3n) is 3.66. The number of anilines is 1. The Balaban J connectivity index is 2.18. The van der Waals surface area contributed by atoms with Crippen LogP contribution < -0.4 is 9.64 Å². The highest BCUT2D eigenvalue weighted by molar-refractivity contribution is 6.00. The number of ether oxygens (including phenoxy) is 1. The molecule has 2 rings (SSSR count). The number of nitrogens with zero attached hydrogens (tertiary/aromatic N) is 1. The van der Waals surface area contributed by atoms with Gasteiger partial charge in [-0.05, 0) is 37.1 Å². The molecular weight excluding hydrogens is 281 g/mol. The van der Waals surface area contributed by atoms with Gasteiger partial charge >= 0.3 is 0 Å². The van der Waals surface area contributed by atoms with Crippen LogP contribution in [0.3, 0.4) is 0 Å². The Bertz CT molecular complexity index is 670. The molecule has 0 fully saturated rings. The Hall–Kier alpha value is -2.36. The average molecular weight is 301 g/mol. The molecule has 0 aromatic heterocycles. The van der Waals surface area contributed by atoms with Crippen LogP contribution in [0.15, 0.2) is 42.5 Å². The maximum atomic E-state index is 13.9. The van der Waals surface area contributed by atoms with Crippen LogP contribution in [0.25, 0.3) is 0 Å². The van der Waals surface area contributed by atoms with Gasteiger partial charge in [-0.15, -0.1) is 0 Å².